The largest absolute Gasteiger partial charge is 0.395 e. The molecule has 1 atom stereocenters. The van der Waals surface area contributed by atoms with Crippen molar-refractivity contribution in [2.75, 3.05) is 45.9 Å². The number of aromatic nitrogens is 1. The highest BCUT2D eigenvalue weighted by molar-refractivity contribution is 6.02. The smallest absolute Gasteiger partial charge is 0.270 e. The van der Waals surface area contributed by atoms with E-state index in [0.717, 1.165) is 49.9 Å². The molecule has 3 aliphatic rings. The van der Waals surface area contributed by atoms with Crippen LogP contribution in [0.2, 0.25) is 0 Å². The van der Waals surface area contributed by atoms with Gasteiger partial charge in [-0.05, 0) is 63.0 Å². The molecule has 2 aromatic rings. The molecule has 1 N–H and O–H groups in total. The topological polar surface area (TPSA) is 69.0 Å². The molecule has 3 aliphatic heterocycles. The van der Waals surface area contributed by atoms with Crippen molar-refractivity contribution in [2.24, 2.45) is 0 Å². The normalized spacial score (nSPS) is 22.9. The van der Waals surface area contributed by atoms with Crippen molar-refractivity contribution in [1.82, 2.24) is 19.3 Å². The highest BCUT2D eigenvalue weighted by Crippen LogP contribution is 2.30. The van der Waals surface area contributed by atoms with Crippen LogP contribution in [-0.4, -0.2) is 94.0 Å². The molecule has 0 radical (unpaired) electrons. The quantitative estimate of drug-likeness (QED) is 0.678. The van der Waals surface area contributed by atoms with Gasteiger partial charge in [-0.3, -0.25) is 9.59 Å². The van der Waals surface area contributed by atoms with E-state index in [1.54, 1.807) is 16.7 Å². The van der Waals surface area contributed by atoms with Crippen molar-refractivity contribution in [3.8, 4) is 0 Å². The Morgan fingerprint density at radius 1 is 0.971 bits per heavy atom. The van der Waals surface area contributed by atoms with Crippen molar-refractivity contribution in [3.05, 3.63) is 35.5 Å². The number of aliphatic hydroxyl groups excluding tert-OH is 1. The maximum absolute atomic E-state index is 13.6. The van der Waals surface area contributed by atoms with Gasteiger partial charge in [-0.25, -0.2) is 8.78 Å². The first kappa shape index (κ1) is 24.2. The average molecular weight is 489 g/mol. The zero-order valence-corrected chi connectivity index (χ0v) is 20.1. The molecular formula is C26H34F2N4O3. The lowest BCUT2D eigenvalue weighted by Crippen LogP contribution is -2.43. The Labute approximate surface area is 204 Å². The lowest BCUT2D eigenvalue weighted by molar-refractivity contribution is -0.0495. The summed E-state index contributed by atoms with van der Waals surface area (Å²) in [6.07, 6.45) is 3.79. The zero-order valence-electron chi connectivity index (χ0n) is 20.1. The van der Waals surface area contributed by atoms with Crippen LogP contribution in [-0.2, 0) is 6.54 Å². The maximum Gasteiger partial charge on any atom is 0.270 e. The molecule has 0 spiro atoms. The number of fused-ring (bicyclic) bond motifs is 1. The van der Waals surface area contributed by atoms with Crippen LogP contribution in [0.5, 0.6) is 0 Å². The summed E-state index contributed by atoms with van der Waals surface area (Å²) in [4.78, 5) is 32.6. The van der Waals surface area contributed by atoms with E-state index in [1.807, 2.05) is 17.0 Å². The molecule has 3 saturated heterocycles. The fraction of sp³-hybridized carbons (Fsp3) is 0.615. The number of rotatable bonds is 6. The van der Waals surface area contributed by atoms with Crippen LogP contribution in [0.15, 0.2) is 24.3 Å². The minimum absolute atomic E-state index is 0.00356. The number of piperidine rings is 1. The van der Waals surface area contributed by atoms with Crippen LogP contribution in [0.1, 0.15) is 59.4 Å². The fourth-order valence-electron chi connectivity index (χ4n) is 5.84. The molecule has 1 aromatic carbocycles. The fourth-order valence-corrected chi connectivity index (χ4v) is 5.84. The predicted molar refractivity (Wildman–Crippen MR) is 129 cm³/mol. The molecule has 5 rings (SSSR count). The minimum atomic E-state index is -2.73. The van der Waals surface area contributed by atoms with Gasteiger partial charge in [0.25, 0.3) is 17.7 Å². The number of nitrogens with zero attached hydrogens (tertiary/aromatic N) is 4. The summed E-state index contributed by atoms with van der Waals surface area (Å²) in [7, 11) is 0. The molecule has 0 bridgehead atoms. The number of alkyl halides is 2. The second-order valence-electron chi connectivity index (χ2n) is 10.1. The third-order valence-corrected chi connectivity index (χ3v) is 7.78. The van der Waals surface area contributed by atoms with Gasteiger partial charge in [0, 0.05) is 68.1 Å². The standard InChI is InChI=1S/C26H34F2N4O3/c27-26(28)7-12-30(13-8-26)25(35)23-17-20-16-19(5-6-22(20)32(23)14-15-33)24(34)31-11-3-4-21(31)18-29-9-1-2-10-29/h5-6,16-17,21,33H,1-4,7-15,18H2. The molecule has 7 nitrogen and oxygen atoms in total. The SMILES string of the molecule is O=C(c1cc2cc(C(=O)N3CCCC3CN3CCCC3)ccc2n1CCO)N1CCC(F)(F)CC1. The number of carbonyl (C=O) groups is 2. The van der Waals surface area contributed by atoms with Crippen molar-refractivity contribution < 1.29 is 23.5 Å². The molecule has 3 fully saturated rings. The molecule has 4 heterocycles. The van der Waals surface area contributed by atoms with Gasteiger partial charge >= 0.3 is 0 Å². The Hall–Kier alpha value is -2.52. The van der Waals surface area contributed by atoms with Crippen LogP contribution < -0.4 is 0 Å². The van der Waals surface area contributed by atoms with Gasteiger partial charge in [0.05, 0.1) is 6.61 Å². The van der Waals surface area contributed by atoms with Crippen molar-refractivity contribution in [1.29, 1.82) is 0 Å². The van der Waals surface area contributed by atoms with Crippen LogP contribution in [0, 0.1) is 0 Å². The van der Waals surface area contributed by atoms with Gasteiger partial charge in [0.2, 0.25) is 0 Å². The minimum Gasteiger partial charge on any atom is -0.395 e. The summed E-state index contributed by atoms with van der Waals surface area (Å²) in [5.41, 5.74) is 1.69. The summed E-state index contributed by atoms with van der Waals surface area (Å²) in [6, 6.07) is 7.38. The molecule has 190 valence electrons. The molecule has 0 saturated carbocycles. The summed E-state index contributed by atoms with van der Waals surface area (Å²) in [5.74, 6) is -3.04. The van der Waals surface area contributed by atoms with Gasteiger partial charge in [-0.1, -0.05) is 0 Å². The number of amides is 2. The Morgan fingerprint density at radius 2 is 1.71 bits per heavy atom. The monoisotopic (exact) mass is 488 g/mol. The first-order valence-corrected chi connectivity index (χ1v) is 12.8. The lowest BCUT2D eigenvalue weighted by Gasteiger charge is -2.31. The van der Waals surface area contributed by atoms with Gasteiger partial charge in [-0.15, -0.1) is 0 Å². The van der Waals surface area contributed by atoms with E-state index in [1.165, 1.54) is 17.7 Å². The number of likely N-dealkylation sites (tertiary alicyclic amines) is 3. The van der Waals surface area contributed by atoms with Gasteiger partial charge in [-0.2, -0.15) is 0 Å². The lowest BCUT2D eigenvalue weighted by atomic mass is 10.1. The summed E-state index contributed by atoms with van der Waals surface area (Å²) in [6.45, 7) is 3.95. The molecule has 35 heavy (non-hydrogen) atoms. The Balaban J connectivity index is 1.38. The predicted octanol–water partition coefficient (Wildman–Crippen LogP) is 3.21. The van der Waals surface area contributed by atoms with E-state index in [-0.39, 0.29) is 56.9 Å². The van der Waals surface area contributed by atoms with E-state index in [9.17, 15) is 23.5 Å². The number of halogens is 2. The Bertz CT molecular complexity index is 1090. The molecule has 9 heteroatoms. The summed E-state index contributed by atoms with van der Waals surface area (Å²) in [5, 5.41) is 10.3. The first-order valence-electron chi connectivity index (χ1n) is 12.8. The highest BCUT2D eigenvalue weighted by atomic mass is 19.3. The average Bonchev–Trinajstić information content (AvgIpc) is 3.59. The Kier molecular flexibility index (Phi) is 6.81. The number of benzene rings is 1. The highest BCUT2D eigenvalue weighted by Gasteiger charge is 2.37. The maximum atomic E-state index is 13.6. The van der Waals surface area contributed by atoms with E-state index in [0.29, 0.717) is 11.3 Å². The molecule has 2 amide bonds. The van der Waals surface area contributed by atoms with E-state index >= 15 is 0 Å². The second kappa shape index (κ2) is 9.85. The van der Waals surface area contributed by atoms with Crippen LogP contribution in [0.3, 0.4) is 0 Å². The van der Waals surface area contributed by atoms with E-state index in [2.05, 4.69) is 4.90 Å². The summed E-state index contributed by atoms with van der Waals surface area (Å²) < 4.78 is 28.9. The first-order chi connectivity index (χ1) is 16.9. The van der Waals surface area contributed by atoms with Crippen molar-refractivity contribution in [2.45, 2.75) is 57.0 Å². The van der Waals surface area contributed by atoms with Crippen LogP contribution in [0.4, 0.5) is 8.78 Å². The zero-order chi connectivity index (χ0) is 24.6. The van der Waals surface area contributed by atoms with Gasteiger partial charge in [0.1, 0.15) is 5.69 Å². The van der Waals surface area contributed by atoms with E-state index in [4.69, 9.17) is 0 Å². The summed E-state index contributed by atoms with van der Waals surface area (Å²) >= 11 is 0. The number of hydrogen-bond donors (Lipinski definition) is 1. The third-order valence-electron chi connectivity index (χ3n) is 7.78. The molecule has 1 aromatic heterocycles. The molecule has 0 aliphatic carbocycles. The third kappa shape index (κ3) is 4.93. The number of carbonyl (C=O) groups excluding carboxylic acids is 2. The number of hydrogen-bond acceptors (Lipinski definition) is 4. The van der Waals surface area contributed by atoms with Crippen LogP contribution in [0.25, 0.3) is 10.9 Å². The van der Waals surface area contributed by atoms with Crippen LogP contribution >= 0.6 is 0 Å². The molecule has 1 unspecified atom stereocenters. The van der Waals surface area contributed by atoms with Gasteiger partial charge < -0.3 is 24.4 Å². The van der Waals surface area contributed by atoms with Gasteiger partial charge in [0.15, 0.2) is 0 Å². The molecular weight excluding hydrogens is 454 g/mol. The Morgan fingerprint density at radius 3 is 2.43 bits per heavy atom. The second-order valence-corrected chi connectivity index (χ2v) is 10.1. The van der Waals surface area contributed by atoms with E-state index < -0.39 is 5.92 Å². The van der Waals surface area contributed by atoms with Crippen molar-refractivity contribution >= 4 is 22.7 Å². The van der Waals surface area contributed by atoms with Crippen molar-refractivity contribution in [3.63, 3.8) is 0 Å². The number of aliphatic hydroxyl groups is 1.